The number of nitrogens with one attached hydrogen (secondary N) is 2. The van der Waals surface area contributed by atoms with Crippen LogP contribution in [0.1, 0.15) is 18.9 Å². The van der Waals surface area contributed by atoms with Gasteiger partial charge in [0, 0.05) is 24.0 Å². The molecule has 32 heavy (non-hydrogen) atoms. The van der Waals surface area contributed by atoms with Crippen molar-refractivity contribution in [1.29, 1.82) is 0 Å². The minimum Gasteiger partial charge on any atom is -0.355 e. The van der Waals surface area contributed by atoms with Gasteiger partial charge in [-0.25, -0.2) is 15.2 Å². The maximum absolute atomic E-state index is 13.3. The summed E-state index contributed by atoms with van der Waals surface area (Å²) in [6, 6.07) is 14.4. The molecule has 3 rings (SSSR count). The van der Waals surface area contributed by atoms with Gasteiger partial charge in [-0.05, 0) is 29.8 Å². The fraction of sp³-hybridized carbons (Fsp3) is 0.273. The van der Waals surface area contributed by atoms with E-state index in [9.17, 15) is 19.2 Å². The lowest BCUT2D eigenvalue weighted by atomic mass is 9.99. The molecule has 2 unspecified atom stereocenters. The highest BCUT2D eigenvalue weighted by atomic mass is 79.9. The van der Waals surface area contributed by atoms with Crippen molar-refractivity contribution >= 4 is 45.4 Å². The van der Waals surface area contributed by atoms with Gasteiger partial charge in [-0.1, -0.05) is 53.2 Å². The standard InChI is InChI=1S/C22H23BrN4O5/c1-14(20(29)24-12-11-18(28)25-32)19-21(30)27(17-5-3-2-4-6-17)22(31)26(19)13-15-7-9-16(23)10-8-15/h2-10,14,19,32H,11-13H2,1H3,(H,24,29)(H,25,28). The van der Waals surface area contributed by atoms with E-state index in [0.717, 1.165) is 14.9 Å². The van der Waals surface area contributed by atoms with Gasteiger partial charge in [0.15, 0.2) is 0 Å². The quantitative estimate of drug-likeness (QED) is 0.291. The second-order valence-electron chi connectivity index (χ2n) is 7.36. The Labute approximate surface area is 193 Å². The summed E-state index contributed by atoms with van der Waals surface area (Å²) in [7, 11) is 0. The summed E-state index contributed by atoms with van der Waals surface area (Å²) in [6.07, 6.45) is -0.120. The highest BCUT2D eigenvalue weighted by Crippen LogP contribution is 2.30. The molecule has 1 aliphatic rings. The third-order valence-electron chi connectivity index (χ3n) is 5.19. The van der Waals surface area contributed by atoms with Gasteiger partial charge in [0.2, 0.25) is 11.8 Å². The molecule has 0 aromatic heterocycles. The maximum Gasteiger partial charge on any atom is 0.332 e. The number of para-hydroxylation sites is 1. The normalized spacial score (nSPS) is 16.8. The molecule has 10 heteroatoms. The van der Waals surface area contributed by atoms with E-state index in [0.29, 0.717) is 5.69 Å². The summed E-state index contributed by atoms with van der Waals surface area (Å²) in [5, 5.41) is 11.1. The molecule has 5 amide bonds. The molecule has 1 aliphatic heterocycles. The fourth-order valence-corrected chi connectivity index (χ4v) is 3.78. The molecule has 3 N–H and O–H groups in total. The molecule has 2 aromatic carbocycles. The minimum absolute atomic E-state index is 0.0143. The molecule has 0 bridgehead atoms. The van der Waals surface area contributed by atoms with Crippen molar-refractivity contribution in [3.05, 3.63) is 64.6 Å². The zero-order valence-corrected chi connectivity index (χ0v) is 18.9. The molecule has 0 radical (unpaired) electrons. The van der Waals surface area contributed by atoms with Crippen molar-refractivity contribution in [3.8, 4) is 0 Å². The first kappa shape index (κ1) is 23.4. The number of urea groups is 1. The number of carbonyl (C=O) groups is 4. The van der Waals surface area contributed by atoms with Gasteiger partial charge in [0.25, 0.3) is 5.91 Å². The Hall–Kier alpha value is -3.24. The van der Waals surface area contributed by atoms with Crippen LogP contribution in [0, 0.1) is 5.92 Å². The Kier molecular flexibility index (Phi) is 7.60. The Balaban J connectivity index is 1.85. The van der Waals surface area contributed by atoms with Crippen molar-refractivity contribution in [2.45, 2.75) is 25.9 Å². The number of halogens is 1. The van der Waals surface area contributed by atoms with E-state index in [2.05, 4.69) is 21.2 Å². The van der Waals surface area contributed by atoms with Gasteiger partial charge >= 0.3 is 6.03 Å². The lowest BCUT2D eigenvalue weighted by Crippen LogP contribution is -2.46. The molecule has 0 aliphatic carbocycles. The van der Waals surface area contributed by atoms with E-state index in [-0.39, 0.29) is 19.5 Å². The van der Waals surface area contributed by atoms with Gasteiger partial charge in [-0.15, -0.1) is 0 Å². The predicted molar refractivity (Wildman–Crippen MR) is 120 cm³/mol. The highest BCUT2D eigenvalue weighted by molar-refractivity contribution is 9.10. The topological polar surface area (TPSA) is 119 Å². The Morgan fingerprint density at radius 3 is 2.38 bits per heavy atom. The second kappa shape index (κ2) is 10.4. The first-order valence-corrected chi connectivity index (χ1v) is 10.8. The Morgan fingerprint density at radius 2 is 1.75 bits per heavy atom. The SMILES string of the molecule is CC(C(=O)NCCC(=O)NO)C1C(=O)N(c2ccccc2)C(=O)N1Cc1ccc(Br)cc1. The van der Waals surface area contributed by atoms with Crippen LogP contribution in [0.15, 0.2) is 59.1 Å². The molecule has 2 aromatic rings. The number of anilines is 1. The Morgan fingerprint density at radius 1 is 1.09 bits per heavy atom. The lowest BCUT2D eigenvalue weighted by Gasteiger charge is -2.26. The number of hydroxylamine groups is 1. The minimum atomic E-state index is -1.02. The average molecular weight is 503 g/mol. The van der Waals surface area contributed by atoms with Crippen LogP contribution < -0.4 is 15.7 Å². The number of hydrogen-bond donors (Lipinski definition) is 3. The molecule has 2 atom stereocenters. The molecular formula is C22H23BrN4O5. The second-order valence-corrected chi connectivity index (χ2v) is 8.27. The van der Waals surface area contributed by atoms with E-state index >= 15 is 0 Å². The summed E-state index contributed by atoms with van der Waals surface area (Å²) in [6.45, 7) is 1.70. The zero-order valence-electron chi connectivity index (χ0n) is 17.3. The van der Waals surface area contributed by atoms with Gasteiger partial charge in [0.05, 0.1) is 11.6 Å². The summed E-state index contributed by atoms with van der Waals surface area (Å²) in [5.74, 6) is -2.48. The summed E-state index contributed by atoms with van der Waals surface area (Å²) in [4.78, 5) is 53.0. The molecule has 168 valence electrons. The van der Waals surface area contributed by atoms with Crippen LogP contribution in [0.25, 0.3) is 0 Å². The molecule has 9 nitrogen and oxygen atoms in total. The first-order chi connectivity index (χ1) is 15.3. The fourth-order valence-electron chi connectivity index (χ4n) is 3.52. The smallest absolute Gasteiger partial charge is 0.332 e. The van der Waals surface area contributed by atoms with Crippen molar-refractivity contribution in [2.24, 2.45) is 5.92 Å². The number of benzene rings is 2. The summed E-state index contributed by atoms with van der Waals surface area (Å²) >= 11 is 3.37. The van der Waals surface area contributed by atoms with Gasteiger partial charge in [0.1, 0.15) is 6.04 Å². The zero-order chi connectivity index (χ0) is 23.3. The summed E-state index contributed by atoms with van der Waals surface area (Å²) in [5.41, 5.74) is 2.73. The first-order valence-electron chi connectivity index (χ1n) is 9.98. The van der Waals surface area contributed by atoms with Crippen LogP contribution in [0.4, 0.5) is 10.5 Å². The van der Waals surface area contributed by atoms with E-state index in [1.54, 1.807) is 37.3 Å². The van der Waals surface area contributed by atoms with Crippen LogP contribution in [0.2, 0.25) is 0 Å². The number of imide groups is 1. The number of rotatable bonds is 8. The molecule has 1 saturated heterocycles. The highest BCUT2D eigenvalue weighted by Gasteiger charge is 2.49. The van der Waals surface area contributed by atoms with Crippen LogP contribution in [0.5, 0.6) is 0 Å². The third-order valence-corrected chi connectivity index (χ3v) is 5.72. The van der Waals surface area contributed by atoms with Crippen LogP contribution in [0.3, 0.4) is 0 Å². The van der Waals surface area contributed by atoms with Crippen LogP contribution in [-0.4, -0.2) is 46.4 Å². The van der Waals surface area contributed by atoms with Crippen LogP contribution in [-0.2, 0) is 20.9 Å². The average Bonchev–Trinajstić information content (AvgIpc) is 3.04. The lowest BCUT2D eigenvalue weighted by molar-refractivity contribution is -0.132. The molecular weight excluding hydrogens is 480 g/mol. The molecule has 1 heterocycles. The van der Waals surface area contributed by atoms with Gasteiger partial charge in [-0.3, -0.25) is 19.6 Å². The molecule has 1 fully saturated rings. The van der Waals surface area contributed by atoms with Crippen molar-refractivity contribution in [2.75, 3.05) is 11.4 Å². The van der Waals surface area contributed by atoms with E-state index in [4.69, 9.17) is 5.21 Å². The van der Waals surface area contributed by atoms with Gasteiger partial charge < -0.3 is 10.2 Å². The number of hydrogen-bond acceptors (Lipinski definition) is 5. The van der Waals surface area contributed by atoms with E-state index < -0.39 is 35.7 Å². The number of nitrogens with zero attached hydrogens (tertiary/aromatic N) is 2. The predicted octanol–water partition coefficient (Wildman–Crippen LogP) is 2.43. The number of carbonyl (C=O) groups excluding carboxylic acids is 4. The molecule has 0 spiro atoms. The summed E-state index contributed by atoms with van der Waals surface area (Å²) < 4.78 is 0.882. The number of amides is 5. The van der Waals surface area contributed by atoms with E-state index in [1.807, 2.05) is 24.3 Å². The molecule has 0 saturated carbocycles. The third kappa shape index (κ3) is 5.14. The maximum atomic E-state index is 13.3. The largest absolute Gasteiger partial charge is 0.355 e. The monoisotopic (exact) mass is 502 g/mol. The Bertz CT molecular complexity index is 999. The van der Waals surface area contributed by atoms with Crippen LogP contribution >= 0.6 is 15.9 Å². The van der Waals surface area contributed by atoms with Crippen molar-refractivity contribution in [1.82, 2.24) is 15.7 Å². The van der Waals surface area contributed by atoms with Crippen molar-refractivity contribution in [3.63, 3.8) is 0 Å². The van der Waals surface area contributed by atoms with E-state index in [1.165, 1.54) is 10.4 Å². The van der Waals surface area contributed by atoms with Gasteiger partial charge in [-0.2, -0.15) is 0 Å². The van der Waals surface area contributed by atoms with Crippen molar-refractivity contribution < 1.29 is 24.4 Å².